The smallest absolute Gasteiger partial charge is 0.350 e. The number of thiophene rings is 1. The van der Waals surface area contributed by atoms with Crippen LogP contribution >= 0.6 is 11.3 Å². The van der Waals surface area contributed by atoms with Crippen LogP contribution in [-0.2, 0) is 16.0 Å². The summed E-state index contributed by atoms with van der Waals surface area (Å²) in [5.74, 6) is -0.160. The van der Waals surface area contributed by atoms with E-state index in [1.807, 2.05) is 24.3 Å². The van der Waals surface area contributed by atoms with Crippen LogP contribution in [0, 0.1) is 0 Å². The van der Waals surface area contributed by atoms with Crippen molar-refractivity contribution >= 4 is 28.9 Å². The van der Waals surface area contributed by atoms with Gasteiger partial charge < -0.3 is 14.8 Å². The van der Waals surface area contributed by atoms with Gasteiger partial charge in [0.15, 0.2) is 6.61 Å². The summed E-state index contributed by atoms with van der Waals surface area (Å²) in [6.45, 7) is 2.01. The molecular weight excluding hydrogens is 314 g/mol. The molecule has 2 rings (SSSR count). The van der Waals surface area contributed by atoms with Gasteiger partial charge in [0.2, 0.25) is 0 Å². The second-order valence-corrected chi connectivity index (χ2v) is 5.80. The van der Waals surface area contributed by atoms with E-state index >= 15 is 0 Å². The fourth-order valence-corrected chi connectivity index (χ4v) is 2.80. The molecule has 1 heterocycles. The molecule has 1 aromatic carbocycles. The largest absolute Gasteiger partial charge is 0.484 e. The molecule has 2 aromatic rings. The summed E-state index contributed by atoms with van der Waals surface area (Å²) >= 11 is 1.21. The molecule has 1 N–H and O–H groups in total. The summed E-state index contributed by atoms with van der Waals surface area (Å²) in [5, 5.41) is 4.37. The summed E-state index contributed by atoms with van der Waals surface area (Å²) in [5.41, 5.74) is 1.68. The Hall–Kier alpha value is -2.34. The van der Waals surface area contributed by atoms with Crippen molar-refractivity contribution in [2.24, 2.45) is 0 Å². The Morgan fingerprint density at radius 1 is 1.17 bits per heavy atom. The Balaban J connectivity index is 1.88. The Morgan fingerprint density at radius 2 is 1.91 bits per heavy atom. The Kier molecular flexibility index (Phi) is 6.17. The SMILES string of the molecule is CCCc1ccc(OCC(=O)Nc2ccsc2C(=O)OC)cc1. The predicted octanol–water partition coefficient (Wildman–Crippen LogP) is 3.50. The normalized spacial score (nSPS) is 10.2. The lowest BCUT2D eigenvalue weighted by molar-refractivity contribution is -0.118. The second kappa shape index (κ2) is 8.33. The maximum atomic E-state index is 11.9. The summed E-state index contributed by atoms with van der Waals surface area (Å²) < 4.78 is 10.1. The molecule has 0 saturated carbocycles. The van der Waals surface area contributed by atoms with Crippen LogP contribution in [0.1, 0.15) is 28.6 Å². The number of ether oxygens (including phenoxy) is 2. The highest BCUT2D eigenvalue weighted by atomic mass is 32.1. The van der Waals surface area contributed by atoms with Crippen molar-refractivity contribution in [3.63, 3.8) is 0 Å². The lowest BCUT2D eigenvalue weighted by Crippen LogP contribution is -2.21. The van der Waals surface area contributed by atoms with Crippen LogP contribution in [0.15, 0.2) is 35.7 Å². The summed E-state index contributed by atoms with van der Waals surface area (Å²) in [4.78, 5) is 23.8. The molecule has 1 amide bonds. The molecule has 0 unspecified atom stereocenters. The average Bonchev–Trinajstić information content (AvgIpc) is 3.02. The molecule has 0 saturated heterocycles. The summed E-state index contributed by atoms with van der Waals surface area (Å²) in [6, 6.07) is 9.34. The van der Waals surface area contributed by atoms with Crippen molar-refractivity contribution in [2.75, 3.05) is 19.0 Å². The molecule has 0 aliphatic rings. The Bertz CT molecular complexity index is 663. The van der Waals surface area contributed by atoms with Crippen molar-refractivity contribution < 1.29 is 19.1 Å². The van der Waals surface area contributed by atoms with Gasteiger partial charge in [0, 0.05) is 0 Å². The molecule has 0 spiro atoms. The lowest BCUT2D eigenvalue weighted by atomic mass is 10.1. The van der Waals surface area contributed by atoms with Crippen molar-refractivity contribution in [2.45, 2.75) is 19.8 Å². The van der Waals surface area contributed by atoms with E-state index in [1.165, 1.54) is 24.0 Å². The third kappa shape index (κ3) is 4.82. The first kappa shape index (κ1) is 17.0. The topological polar surface area (TPSA) is 64.6 Å². The van der Waals surface area contributed by atoms with Gasteiger partial charge in [-0.15, -0.1) is 11.3 Å². The molecule has 0 aliphatic carbocycles. The lowest BCUT2D eigenvalue weighted by Gasteiger charge is -2.08. The zero-order chi connectivity index (χ0) is 16.7. The maximum Gasteiger partial charge on any atom is 0.350 e. The molecule has 122 valence electrons. The quantitative estimate of drug-likeness (QED) is 0.788. The number of nitrogens with one attached hydrogen (secondary N) is 1. The van der Waals surface area contributed by atoms with E-state index in [0.29, 0.717) is 16.3 Å². The van der Waals surface area contributed by atoms with Crippen LogP contribution in [0.4, 0.5) is 5.69 Å². The number of anilines is 1. The summed E-state index contributed by atoms with van der Waals surface area (Å²) in [7, 11) is 1.30. The van der Waals surface area contributed by atoms with Crippen molar-refractivity contribution in [3.8, 4) is 5.75 Å². The second-order valence-electron chi connectivity index (χ2n) is 4.89. The first-order valence-electron chi connectivity index (χ1n) is 7.31. The number of hydrogen-bond acceptors (Lipinski definition) is 5. The third-order valence-electron chi connectivity index (χ3n) is 3.14. The van der Waals surface area contributed by atoms with E-state index in [0.717, 1.165) is 12.8 Å². The molecular formula is C17H19NO4S. The van der Waals surface area contributed by atoms with E-state index in [1.54, 1.807) is 11.4 Å². The molecule has 0 atom stereocenters. The number of amides is 1. The number of aryl methyl sites for hydroxylation is 1. The minimum absolute atomic E-state index is 0.121. The standard InChI is InChI=1S/C17H19NO4S/c1-3-4-12-5-7-13(8-6-12)22-11-15(19)18-14-9-10-23-16(14)17(20)21-2/h5-10H,3-4,11H2,1-2H3,(H,18,19). The molecule has 0 radical (unpaired) electrons. The van der Waals surface area contributed by atoms with Crippen LogP contribution in [-0.4, -0.2) is 25.6 Å². The zero-order valence-corrected chi connectivity index (χ0v) is 13.9. The van der Waals surface area contributed by atoms with E-state index < -0.39 is 5.97 Å². The van der Waals surface area contributed by atoms with Gasteiger partial charge in [-0.3, -0.25) is 4.79 Å². The maximum absolute atomic E-state index is 11.9. The molecule has 0 bridgehead atoms. The molecule has 0 aliphatic heterocycles. The highest BCUT2D eigenvalue weighted by molar-refractivity contribution is 7.12. The monoisotopic (exact) mass is 333 g/mol. The van der Waals surface area contributed by atoms with Gasteiger partial charge in [0.1, 0.15) is 10.6 Å². The number of esters is 1. The number of methoxy groups -OCH3 is 1. The fraction of sp³-hybridized carbons (Fsp3) is 0.294. The van der Waals surface area contributed by atoms with Crippen LogP contribution in [0.25, 0.3) is 0 Å². The minimum Gasteiger partial charge on any atom is -0.484 e. The first-order chi connectivity index (χ1) is 11.1. The fourth-order valence-electron chi connectivity index (χ4n) is 2.03. The molecule has 0 fully saturated rings. The van der Waals surface area contributed by atoms with Gasteiger partial charge in [-0.2, -0.15) is 0 Å². The Morgan fingerprint density at radius 3 is 2.57 bits per heavy atom. The van der Waals surface area contributed by atoms with Gasteiger partial charge in [-0.1, -0.05) is 25.5 Å². The number of carbonyl (C=O) groups is 2. The number of carbonyl (C=O) groups excluding carboxylic acids is 2. The predicted molar refractivity (Wildman–Crippen MR) is 90.2 cm³/mol. The van der Waals surface area contributed by atoms with Crippen molar-refractivity contribution in [1.82, 2.24) is 0 Å². The van der Waals surface area contributed by atoms with E-state index in [-0.39, 0.29) is 12.5 Å². The zero-order valence-electron chi connectivity index (χ0n) is 13.1. The van der Waals surface area contributed by atoms with E-state index in [2.05, 4.69) is 17.0 Å². The molecule has 5 nitrogen and oxygen atoms in total. The first-order valence-corrected chi connectivity index (χ1v) is 8.19. The Labute approximate surface area is 139 Å². The van der Waals surface area contributed by atoms with Crippen LogP contribution in [0.2, 0.25) is 0 Å². The molecule has 23 heavy (non-hydrogen) atoms. The van der Waals surface area contributed by atoms with E-state index in [9.17, 15) is 9.59 Å². The number of hydrogen-bond donors (Lipinski definition) is 1. The average molecular weight is 333 g/mol. The van der Waals surface area contributed by atoms with Crippen LogP contribution in [0.5, 0.6) is 5.75 Å². The van der Waals surface area contributed by atoms with E-state index in [4.69, 9.17) is 4.74 Å². The molecule has 6 heteroatoms. The summed E-state index contributed by atoms with van der Waals surface area (Å²) in [6.07, 6.45) is 2.11. The number of benzene rings is 1. The van der Waals surface area contributed by atoms with Crippen LogP contribution in [0.3, 0.4) is 0 Å². The molecule has 1 aromatic heterocycles. The van der Waals surface area contributed by atoms with Gasteiger partial charge in [0.25, 0.3) is 5.91 Å². The van der Waals surface area contributed by atoms with Gasteiger partial charge in [-0.25, -0.2) is 4.79 Å². The van der Waals surface area contributed by atoms with Gasteiger partial charge in [-0.05, 0) is 35.6 Å². The van der Waals surface area contributed by atoms with Gasteiger partial charge in [0.05, 0.1) is 12.8 Å². The minimum atomic E-state index is -0.470. The van der Waals surface area contributed by atoms with Crippen LogP contribution < -0.4 is 10.1 Å². The van der Waals surface area contributed by atoms with Crippen molar-refractivity contribution in [3.05, 3.63) is 46.2 Å². The third-order valence-corrected chi connectivity index (χ3v) is 4.04. The highest BCUT2D eigenvalue weighted by Gasteiger charge is 2.15. The van der Waals surface area contributed by atoms with Gasteiger partial charge >= 0.3 is 5.97 Å². The highest BCUT2D eigenvalue weighted by Crippen LogP contribution is 2.23. The van der Waals surface area contributed by atoms with Crippen molar-refractivity contribution in [1.29, 1.82) is 0 Å². The number of rotatable bonds is 7.